The number of imide groups is 1. The topological polar surface area (TPSA) is 57.7 Å². The Balaban J connectivity index is 2.20. The molecule has 1 saturated heterocycles. The molecular weight excluding hydrogens is 256 g/mol. The summed E-state index contributed by atoms with van der Waals surface area (Å²) in [5, 5.41) is 0. The van der Waals surface area contributed by atoms with Crippen molar-refractivity contribution in [2.24, 2.45) is 0 Å². The summed E-state index contributed by atoms with van der Waals surface area (Å²) in [5.41, 5.74) is 1.10. The summed E-state index contributed by atoms with van der Waals surface area (Å²) in [7, 11) is 0. The summed E-state index contributed by atoms with van der Waals surface area (Å²) in [6.07, 6.45) is 0.526. The number of carbonyl (C=O) groups excluding carboxylic acids is 3. The van der Waals surface area contributed by atoms with E-state index in [0.717, 1.165) is 0 Å². The molecule has 1 aromatic rings. The van der Waals surface area contributed by atoms with Crippen LogP contribution in [0.1, 0.15) is 37.0 Å². The monoisotopic (exact) mass is 274 g/mol. The molecule has 0 unspecified atom stereocenters. The predicted octanol–water partition coefficient (Wildman–Crippen LogP) is 1.82. The molecule has 5 nitrogen and oxygen atoms in total. The molecule has 1 fully saturated rings. The summed E-state index contributed by atoms with van der Waals surface area (Å²) < 4.78 is 0. The Morgan fingerprint density at radius 2 is 1.55 bits per heavy atom. The van der Waals surface area contributed by atoms with Gasteiger partial charge in [-0.05, 0) is 38.1 Å². The summed E-state index contributed by atoms with van der Waals surface area (Å²) >= 11 is 0. The Morgan fingerprint density at radius 3 is 2.00 bits per heavy atom. The molecule has 1 aliphatic rings. The fraction of sp³-hybridized carbons (Fsp3) is 0.400. The van der Waals surface area contributed by atoms with Crippen LogP contribution in [0.5, 0.6) is 0 Å². The minimum atomic E-state index is -0.183. The second-order valence-electron chi connectivity index (χ2n) is 4.65. The number of nitrogens with zero attached hydrogens (tertiary/aromatic N) is 2. The number of amides is 3. The molecule has 3 amide bonds. The van der Waals surface area contributed by atoms with Crippen molar-refractivity contribution in [2.75, 3.05) is 18.0 Å². The van der Waals surface area contributed by atoms with Gasteiger partial charge in [0.05, 0.1) is 5.69 Å². The zero-order valence-electron chi connectivity index (χ0n) is 11.8. The van der Waals surface area contributed by atoms with Crippen molar-refractivity contribution in [3.63, 3.8) is 0 Å². The molecule has 1 aliphatic heterocycles. The Bertz CT molecular complexity index is 517. The summed E-state index contributed by atoms with van der Waals surface area (Å²) in [5.74, 6) is -0.406. The highest BCUT2D eigenvalue weighted by atomic mass is 16.2. The van der Waals surface area contributed by atoms with E-state index in [1.54, 1.807) is 29.2 Å². The van der Waals surface area contributed by atoms with Gasteiger partial charge in [-0.3, -0.25) is 19.3 Å². The van der Waals surface area contributed by atoms with Crippen molar-refractivity contribution in [2.45, 2.75) is 26.7 Å². The van der Waals surface area contributed by atoms with Crippen LogP contribution in [0.3, 0.4) is 0 Å². The number of carbonyl (C=O) groups is 3. The van der Waals surface area contributed by atoms with E-state index < -0.39 is 0 Å². The van der Waals surface area contributed by atoms with E-state index in [4.69, 9.17) is 0 Å². The van der Waals surface area contributed by atoms with E-state index in [1.165, 1.54) is 4.90 Å². The van der Waals surface area contributed by atoms with Crippen LogP contribution in [-0.2, 0) is 9.59 Å². The first-order valence-electron chi connectivity index (χ1n) is 6.83. The molecule has 2 rings (SSSR count). The maximum atomic E-state index is 12.1. The van der Waals surface area contributed by atoms with Crippen LogP contribution in [0.25, 0.3) is 0 Å². The normalized spacial score (nSPS) is 14.8. The van der Waals surface area contributed by atoms with Gasteiger partial charge < -0.3 is 4.90 Å². The Morgan fingerprint density at radius 1 is 1.05 bits per heavy atom. The van der Waals surface area contributed by atoms with Crippen LogP contribution in [-0.4, -0.2) is 35.7 Å². The first kappa shape index (κ1) is 14.2. The first-order chi connectivity index (χ1) is 9.58. The molecule has 5 heteroatoms. The second-order valence-corrected chi connectivity index (χ2v) is 4.65. The van der Waals surface area contributed by atoms with Crippen molar-refractivity contribution in [1.82, 2.24) is 4.90 Å². The van der Waals surface area contributed by atoms with Gasteiger partial charge in [0.25, 0.3) is 5.91 Å². The highest BCUT2D eigenvalue weighted by molar-refractivity contribution is 6.19. The third kappa shape index (κ3) is 2.57. The van der Waals surface area contributed by atoms with E-state index >= 15 is 0 Å². The Labute approximate surface area is 118 Å². The van der Waals surface area contributed by atoms with Crippen LogP contribution in [0, 0.1) is 0 Å². The van der Waals surface area contributed by atoms with Crippen LogP contribution < -0.4 is 4.90 Å². The molecule has 0 aliphatic carbocycles. The van der Waals surface area contributed by atoms with Crippen LogP contribution >= 0.6 is 0 Å². The number of hydrogen-bond acceptors (Lipinski definition) is 3. The first-order valence-corrected chi connectivity index (χ1v) is 6.83. The number of rotatable bonds is 4. The van der Waals surface area contributed by atoms with Gasteiger partial charge in [-0.25, -0.2) is 0 Å². The van der Waals surface area contributed by atoms with Crippen molar-refractivity contribution in [3.05, 3.63) is 29.8 Å². The van der Waals surface area contributed by atoms with Gasteiger partial charge in [0.2, 0.25) is 11.8 Å². The molecule has 0 saturated carbocycles. The van der Waals surface area contributed by atoms with E-state index in [1.807, 2.05) is 13.8 Å². The van der Waals surface area contributed by atoms with E-state index in [9.17, 15) is 14.4 Å². The molecule has 0 aromatic heterocycles. The van der Waals surface area contributed by atoms with E-state index in [2.05, 4.69) is 0 Å². The number of benzene rings is 1. The molecule has 0 atom stereocenters. The minimum Gasteiger partial charge on any atom is -0.339 e. The highest BCUT2D eigenvalue weighted by Crippen LogP contribution is 2.23. The van der Waals surface area contributed by atoms with Crippen molar-refractivity contribution in [1.29, 1.82) is 0 Å². The lowest BCUT2D eigenvalue weighted by Gasteiger charge is -2.19. The average molecular weight is 274 g/mol. The lowest BCUT2D eigenvalue weighted by Crippen LogP contribution is -2.31. The van der Waals surface area contributed by atoms with Gasteiger partial charge in [-0.15, -0.1) is 0 Å². The van der Waals surface area contributed by atoms with Gasteiger partial charge in [0.15, 0.2) is 0 Å². The molecule has 106 valence electrons. The Hall–Kier alpha value is -2.17. The molecule has 1 aromatic carbocycles. The predicted molar refractivity (Wildman–Crippen MR) is 75.4 cm³/mol. The third-order valence-corrected chi connectivity index (χ3v) is 3.47. The molecular formula is C15H18N2O3. The van der Waals surface area contributed by atoms with Crippen molar-refractivity contribution >= 4 is 23.4 Å². The smallest absolute Gasteiger partial charge is 0.253 e. The maximum absolute atomic E-state index is 12.1. The number of hydrogen-bond donors (Lipinski definition) is 0. The van der Waals surface area contributed by atoms with Gasteiger partial charge in [0, 0.05) is 31.5 Å². The van der Waals surface area contributed by atoms with Crippen molar-refractivity contribution < 1.29 is 14.4 Å². The molecule has 0 bridgehead atoms. The van der Waals surface area contributed by atoms with Crippen LogP contribution in [0.2, 0.25) is 0 Å². The van der Waals surface area contributed by atoms with Crippen molar-refractivity contribution in [3.8, 4) is 0 Å². The molecule has 0 N–H and O–H groups in total. The third-order valence-electron chi connectivity index (χ3n) is 3.47. The van der Waals surface area contributed by atoms with Crippen LogP contribution in [0.4, 0.5) is 5.69 Å². The van der Waals surface area contributed by atoms with E-state index in [-0.39, 0.29) is 30.6 Å². The summed E-state index contributed by atoms with van der Waals surface area (Å²) in [4.78, 5) is 38.3. The fourth-order valence-corrected chi connectivity index (χ4v) is 2.31. The second kappa shape index (κ2) is 5.86. The summed E-state index contributed by atoms with van der Waals surface area (Å²) in [6, 6.07) is 6.62. The SMILES string of the molecule is CCN(CC)C(=O)c1ccc(N2C(=O)CCC2=O)cc1. The number of anilines is 1. The zero-order valence-corrected chi connectivity index (χ0v) is 11.8. The van der Waals surface area contributed by atoms with Crippen LogP contribution in [0.15, 0.2) is 24.3 Å². The highest BCUT2D eigenvalue weighted by Gasteiger charge is 2.30. The van der Waals surface area contributed by atoms with E-state index in [0.29, 0.717) is 24.3 Å². The maximum Gasteiger partial charge on any atom is 0.253 e. The summed E-state index contributed by atoms with van der Waals surface area (Å²) in [6.45, 7) is 5.16. The minimum absolute atomic E-state index is 0.0411. The van der Waals surface area contributed by atoms with Gasteiger partial charge >= 0.3 is 0 Å². The fourth-order valence-electron chi connectivity index (χ4n) is 2.31. The standard InChI is InChI=1S/C15H18N2O3/c1-3-16(4-2)15(20)11-5-7-12(8-6-11)17-13(18)9-10-14(17)19/h5-8H,3-4,9-10H2,1-2H3. The lowest BCUT2D eigenvalue weighted by molar-refractivity contribution is -0.121. The molecule has 20 heavy (non-hydrogen) atoms. The molecule has 1 heterocycles. The van der Waals surface area contributed by atoms with Gasteiger partial charge in [0.1, 0.15) is 0 Å². The van der Waals surface area contributed by atoms with Gasteiger partial charge in [-0.1, -0.05) is 0 Å². The largest absolute Gasteiger partial charge is 0.339 e. The zero-order chi connectivity index (χ0) is 14.7. The van der Waals surface area contributed by atoms with Gasteiger partial charge in [-0.2, -0.15) is 0 Å². The molecule has 0 spiro atoms. The molecule has 0 radical (unpaired) electrons. The lowest BCUT2D eigenvalue weighted by atomic mass is 10.1. The quantitative estimate of drug-likeness (QED) is 0.787. The Kier molecular flexibility index (Phi) is 4.17. The average Bonchev–Trinajstić information content (AvgIpc) is 2.79.